The molecular formula is C12H12N6OS. The largest absolute Gasteiger partial charge is 0.366 e. The molecule has 8 heteroatoms. The smallest absolute Gasteiger partial charge is 0.295 e. The number of aryl methyl sites for hydroxylation is 1. The maximum absolute atomic E-state index is 5.42. The Balaban J connectivity index is 1.68. The molecule has 2 heterocycles. The van der Waals surface area contributed by atoms with Crippen molar-refractivity contribution in [2.24, 2.45) is 0 Å². The zero-order valence-electron chi connectivity index (χ0n) is 10.7. The molecule has 0 spiro atoms. The molecular weight excluding hydrogens is 276 g/mol. The Bertz CT molecular complexity index is 722. The number of H-pyrrole nitrogens is 1. The minimum Gasteiger partial charge on any atom is -0.366 e. The first-order chi connectivity index (χ1) is 9.70. The van der Waals surface area contributed by atoms with E-state index in [2.05, 4.69) is 50.4 Å². The van der Waals surface area contributed by atoms with Gasteiger partial charge in [-0.05, 0) is 19.1 Å². The molecule has 0 saturated carbocycles. The second-order valence-electron chi connectivity index (χ2n) is 4.16. The van der Waals surface area contributed by atoms with Gasteiger partial charge in [0.15, 0.2) is 5.82 Å². The normalized spacial score (nSPS) is 10.8. The topological polar surface area (TPSA) is 107 Å². The molecule has 3 N–H and O–H groups in total. The van der Waals surface area contributed by atoms with Crippen molar-refractivity contribution in [2.45, 2.75) is 17.6 Å². The summed E-state index contributed by atoms with van der Waals surface area (Å²) in [4.78, 5) is 9.34. The van der Waals surface area contributed by atoms with E-state index in [0.29, 0.717) is 17.4 Å². The van der Waals surface area contributed by atoms with Gasteiger partial charge in [0, 0.05) is 4.90 Å². The lowest BCUT2D eigenvalue weighted by Crippen LogP contribution is -1.86. The molecule has 3 rings (SSSR count). The van der Waals surface area contributed by atoms with Crippen molar-refractivity contribution in [1.29, 1.82) is 0 Å². The first kappa shape index (κ1) is 12.7. The van der Waals surface area contributed by atoms with Crippen molar-refractivity contribution in [2.75, 3.05) is 5.73 Å². The van der Waals surface area contributed by atoms with Gasteiger partial charge in [0.1, 0.15) is 0 Å². The van der Waals surface area contributed by atoms with E-state index in [-0.39, 0.29) is 11.8 Å². The van der Waals surface area contributed by atoms with E-state index in [1.807, 2.05) is 6.07 Å². The molecule has 1 aromatic carbocycles. The van der Waals surface area contributed by atoms with Crippen LogP contribution in [-0.4, -0.2) is 25.3 Å². The van der Waals surface area contributed by atoms with Gasteiger partial charge in [-0.2, -0.15) is 9.97 Å². The number of hydrogen-bond donors (Lipinski definition) is 2. The fourth-order valence-electron chi connectivity index (χ4n) is 1.63. The fourth-order valence-corrected chi connectivity index (χ4v) is 2.49. The van der Waals surface area contributed by atoms with Gasteiger partial charge < -0.3 is 10.3 Å². The fraction of sp³-hybridized carbons (Fsp3) is 0.167. The van der Waals surface area contributed by atoms with Gasteiger partial charge in [0.05, 0.1) is 5.75 Å². The zero-order valence-corrected chi connectivity index (χ0v) is 11.5. The van der Waals surface area contributed by atoms with E-state index in [0.717, 1.165) is 0 Å². The molecule has 0 unspecified atom stereocenters. The van der Waals surface area contributed by atoms with Gasteiger partial charge in [-0.25, -0.2) is 0 Å². The number of aromatic nitrogens is 5. The molecule has 0 fully saturated rings. The third kappa shape index (κ3) is 2.80. The molecule has 0 amide bonds. The minimum absolute atomic E-state index is 0.147. The summed E-state index contributed by atoms with van der Waals surface area (Å²) in [5.41, 5.74) is 6.65. The molecule has 0 radical (unpaired) electrons. The van der Waals surface area contributed by atoms with Crippen molar-refractivity contribution in [3.8, 4) is 11.7 Å². The molecule has 2 aromatic heterocycles. The maximum atomic E-state index is 5.42. The van der Waals surface area contributed by atoms with Crippen LogP contribution >= 0.6 is 11.8 Å². The number of nitrogens with two attached hydrogens (primary N) is 1. The molecule has 0 bridgehead atoms. The number of aromatic amines is 1. The lowest BCUT2D eigenvalue weighted by atomic mass is 10.2. The highest BCUT2D eigenvalue weighted by Gasteiger charge is 2.12. The Morgan fingerprint density at radius 2 is 2.25 bits per heavy atom. The van der Waals surface area contributed by atoms with Gasteiger partial charge in [-0.15, -0.1) is 16.9 Å². The van der Waals surface area contributed by atoms with E-state index in [1.54, 1.807) is 11.8 Å². The third-order valence-electron chi connectivity index (χ3n) is 2.53. The highest BCUT2D eigenvalue weighted by Crippen LogP contribution is 2.23. The maximum Gasteiger partial charge on any atom is 0.295 e. The second kappa shape index (κ2) is 5.33. The van der Waals surface area contributed by atoms with Crippen LogP contribution in [0.3, 0.4) is 0 Å². The molecule has 0 aliphatic rings. The quantitative estimate of drug-likeness (QED) is 0.707. The van der Waals surface area contributed by atoms with Crippen molar-refractivity contribution in [3.05, 3.63) is 35.7 Å². The molecule has 0 saturated heterocycles. The SMILES string of the molecule is Cc1cccc(SCc2noc(-c3nc(N)n[nH]3)n2)c1. The van der Waals surface area contributed by atoms with Crippen molar-refractivity contribution >= 4 is 17.7 Å². The zero-order chi connectivity index (χ0) is 13.9. The van der Waals surface area contributed by atoms with Gasteiger partial charge in [-0.3, -0.25) is 5.10 Å². The van der Waals surface area contributed by atoms with Crippen LogP contribution in [0.5, 0.6) is 0 Å². The number of benzene rings is 1. The average Bonchev–Trinajstić information content (AvgIpc) is 3.05. The second-order valence-corrected chi connectivity index (χ2v) is 5.21. The van der Waals surface area contributed by atoms with Crippen LogP contribution in [0.15, 0.2) is 33.7 Å². The summed E-state index contributed by atoms with van der Waals surface area (Å²) in [5.74, 6) is 2.03. The van der Waals surface area contributed by atoms with Crippen LogP contribution < -0.4 is 5.73 Å². The van der Waals surface area contributed by atoms with Crippen molar-refractivity contribution in [3.63, 3.8) is 0 Å². The van der Waals surface area contributed by atoms with E-state index in [9.17, 15) is 0 Å². The predicted molar refractivity (Wildman–Crippen MR) is 74.8 cm³/mol. The summed E-state index contributed by atoms with van der Waals surface area (Å²) in [6.45, 7) is 2.06. The number of thioether (sulfide) groups is 1. The highest BCUT2D eigenvalue weighted by molar-refractivity contribution is 7.98. The summed E-state index contributed by atoms with van der Waals surface area (Å²) in [5, 5.41) is 10.2. The summed E-state index contributed by atoms with van der Waals surface area (Å²) in [6, 6.07) is 8.25. The number of nitrogen functional groups attached to an aromatic ring is 1. The Hall–Kier alpha value is -2.35. The summed E-state index contributed by atoms with van der Waals surface area (Å²) < 4.78 is 5.11. The molecule has 7 nitrogen and oxygen atoms in total. The van der Waals surface area contributed by atoms with Crippen LogP contribution in [0.4, 0.5) is 5.95 Å². The first-order valence-corrected chi connectivity index (χ1v) is 6.89. The van der Waals surface area contributed by atoms with Crippen LogP contribution in [0.2, 0.25) is 0 Å². The number of hydrogen-bond acceptors (Lipinski definition) is 7. The molecule has 3 aromatic rings. The van der Waals surface area contributed by atoms with E-state index < -0.39 is 0 Å². The number of nitrogens with zero attached hydrogens (tertiary/aromatic N) is 4. The Kier molecular flexibility index (Phi) is 3.38. The minimum atomic E-state index is 0.147. The summed E-state index contributed by atoms with van der Waals surface area (Å²) in [7, 11) is 0. The monoisotopic (exact) mass is 288 g/mol. The molecule has 0 atom stereocenters. The standard InChI is InChI=1S/C12H12N6OS/c1-7-3-2-4-8(5-7)20-6-9-14-11(19-18-9)10-15-12(13)17-16-10/h2-5H,6H2,1H3,(H3,13,15,16,17). The molecule has 0 aliphatic carbocycles. The van der Waals surface area contributed by atoms with Crippen LogP contribution in [0.25, 0.3) is 11.7 Å². The number of anilines is 1. The average molecular weight is 288 g/mol. The molecule has 20 heavy (non-hydrogen) atoms. The van der Waals surface area contributed by atoms with E-state index in [4.69, 9.17) is 10.3 Å². The third-order valence-corrected chi connectivity index (χ3v) is 3.52. The number of rotatable bonds is 4. The van der Waals surface area contributed by atoms with Crippen LogP contribution in [0.1, 0.15) is 11.4 Å². The Morgan fingerprint density at radius 3 is 3.00 bits per heavy atom. The Morgan fingerprint density at radius 1 is 1.35 bits per heavy atom. The lowest BCUT2D eigenvalue weighted by Gasteiger charge is -1.99. The van der Waals surface area contributed by atoms with Gasteiger partial charge in [0.25, 0.3) is 5.89 Å². The summed E-state index contributed by atoms with van der Waals surface area (Å²) >= 11 is 1.65. The van der Waals surface area contributed by atoms with Gasteiger partial charge in [-0.1, -0.05) is 22.9 Å². The van der Waals surface area contributed by atoms with Gasteiger partial charge in [0.2, 0.25) is 11.8 Å². The van der Waals surface area contributed by atoms with Crippen molar-refractivity contribution in [1.82, 2.24) is 25.3 Å². The Labute approximate surface area is 119 Å². The van der Waals surface area contributed by atoms with E-state index in [1.165, 1.54) is 10.5 Å². The van der Waals surface area contributed by atoms with E-state index >= 15 is 0 Å². The molecule has 102 valence electrons. The van der Waals surface area contributed by atoms with Crippen LogP contribution in [0, 0.1) is 6.92 Å². The predicted octanol–water partition coefficient (Wildman–Crippen LogP) is 2.04. The van der Waals surface area contributed by atoms with Crippen molar-refractivity contribution < 1.29 is 4.52 Å². The van der Waals surface area contributed by atoms with Gasteiger partial charge >= 0.3 is 0 Å². The highest BCUT2D eigenvalue weighted by atomic mass is 32.2. The summed E-state index contributed by atoms with van der Waals surface area (Å²) in [6.07, 6.45) is 0. The first-order valence-electron chi connectivity index (χ1n) is 5.91. The molecule has 0 aliphatic heterocycles. The lowest BCUT2D eigenvalue weighted by molar-refractivity contribution is 0.422. The number of nitrogens with one attached hydrogen (secondary N) is 1. The van der Waals surface area contributed by atoms with Crippen LogP contribution in [-0.2, 0) is 5.75 Å².